The second-order valence-electron chi connectivity index (χ2n) is 6.91. The maximum atomic E-state index is 12.4. The summed E-state index contributed by atoms with van der Waals surface area (Å²) < 4.78 is 33.3. The van der Waals surface area contributed by atoms with Crippen LogP contribution in [0, 0.1) is 0 Å². The van der Waals surface area contributed by atoms with Gasteiger partial charge < -0.3 is 9.73 Å². The highest BCUT2D eigenvalue weighted by Crippen LogP contribution is 2.21. The first-order valence-electron chi connectivity index (χ1n) is 9.31. The molecule has 7 heteroatoms. The number of sulfonamides is 1. The third kappa shape index (κ3) is 4.31. The molecular formula is C20H23N3O3S. The standard InChI is InChI=1S/C20H23N3O3S/c24-27(25,23-16-5-1-2-6-16)17-11-9-15(10-12-17)13-14-21-20-22-18-7-3-4-8-19(18)26-20/h3-4,7-12,16,23H,1-2,5-6,13-14H2,(H,21,22). The van der Waals surface area contributed by atoms with Gasteiger partial charge in [0.25, 0.3) is 6.01 Å². The predicted molar refractivity (Wildman–Crippen MR) is 105 cm³/mol. The maximum Gasteiger partial charge on any atom is 0.295 e. The molecule has 1 fully saturated rings. The van der Waals surface area contributed by atoms with Crippen LogP contribution in [0.3, 0.4) is 0 Å². The number of rotatable bonds is 7. The molecule has 27 heavy (non-hydrogen) atoms. The van der Waals surface area contributed by atoms with E-state index in [9.17, 15) is 8.42 Å². The van der Waals surface area contributed by atoms with Crippen molar-refractivity contribution in [3.63, 3.8) is 0 Å². The van der Waals surface area contributed by atoms with E-state index >= 15 is 0 Å². The van der Waals surface area contributed by atoms with Crippen molar-refractivity contribution in [2.24, 2.45) is 0 Å². The molecule has 142 valence electrons. The summed E-state index contributed by atoms with van der Waals surface area (Å²) in [5, 5.41) is 3.17. The Morgan fingerprint density at radius 1 is 1.04 bits per heavy atom. The van der Waals surface area contributed by atoms with E-state index in [0.717, 1.165) is 48.8 Å². The van der Waals surface area contributed by atoms with Crippen LogP contribution in [-0.2, 0) is 16.4 Å². The summed E-state index contributed by atoms with van der Waals surface area (Å²) >= 11 is 0. The fourth-order valence-corrected chi connectivity index (χ4v) is 4.73. The SMILES string of the molecule is O=S(=O)(NC1CCCC1)c1ccc(CCNc2nc3ccccc3o2)cc1. The lowest BCUT2D eigenvalue weighted by Crippen LogP contribution is -2.32. The molecule has 1 saturated carbocycles. The van der Waals surface area contributed by atoms with Gasteiger partial charge in [0, 0.05) is 12.6 Å². The number of oxazole rings is 1. The van der Waals surface area contributed by atoms with E-state index in [2.05, 4.69) is 15.0 Å². The van der Waals surface area contributed by atoms with Crippen LogP contribution in [0.1, 0.15) is 31.2 Å². The topological polar surface area (TPSA) is 84.2 Å². The van der Waals surface area contributed by atoms with E-state index in [1.54, 1.807) is 12.1 Å². The van der Waals surface area contributed by atoms with E-state index < -0.39 is 10.0 Å². The summed E-state index contributed by atoms with van der Waals surface area (Å²) in [5.41, 5.74) is 2.63. The third-order valence-corrected chi connectivity index (χ3v) is 6.43. The number of aromatic nitrogens is 1. The van der Waals surface area contributed by atoms with Gasteiger partial charge in [-0.2, -0.15) is 4.98 Å². The van der Waals surface area contributed by atoms with Gasteiger partial charge >= 0.3 is 0 Å². The molecule has 0 atom stereocenters. The largest absolute Gasteiger partial charge is 0.424 e. The molecule has 1 heterocycles. The Bertz CT molecular complexity index is 973. The zero-order chi connectivity index (χ0) is 18.7. The van der Waals surface area contributed by atoms with E-state index in [1.165, 1.54) is 0 Å². The van der Waals surface area contributed by atoms with Gasteiger partial charge in [-0.1, -0.05) is 37.1 Å². The molecule has 0 aliphatic heterocycles. The molecule has 2 N–H and O–H groups in total. The summed E-state index contributed by atoms with van der Waals surface area (Å²) in [6, 6.07) is 15.3. The normalized spacial score (nSPS) is 15.4. The highest BCUT2D eigenvalue weighted by molar-refractivity contribution is 7.89. The van der Waals surface area contributed by atoms with Crippen molar-refractivity contribution in [1.29, 1.82) is 0 Å². The van der Waals surface area contributed by atoms with Crippen LogP contribution in [0.2, 0.25) is 0 Å². The number of para-hydroxylation sites is 2. The Morgan fingerprint density at radius 2 is 1.78 bits per heavy atom. The number of anilines is 1. The van der Waals surface area contributed by atoms with E-state index in [-0.39, 0.29) is 6.04 Å². The van der Waals surface area contributed by atoms with Crippen LogP contribution in [0.5, 0.6) is 0 Å². The number of fused-ring (bicyclic) bond motifs is 1. The molecule has 6 nitrogen and oxygen atoms in total. The summed E-state index contributed by atoms with van der Waals surface area (Å²) in [6.45, 7) is 0.652. The van der Waals surface area contributed by atoms with Gasteiger partial charge in [0.05, 0.1) is 4.90 Å². The first kappa shape index (κ1) is 18.0. The van der Waals surface area contributed by atoms with Crippen molar-refractivity contribution in [3.05, 3.63) is 54.1 Å². The lowest BCUT2D eigenvalue weighted by atomic mass is 10.1. The quantitative estimate of drug-likeness (QED) is 0.648. The average Bonchev–Trinajstić information content (AvgIpc) is 3.31. The van der Waals surface area contributed by atoms with Crippen LogP contribution >= 0.6 is 0 Å². The van der Waals surface area contributed by atoms with Crippen molar-refractivity contribution in [2.75, 3.05) is 11.9 Å². The molecule has 0 radical (unpaired) electrons. The lowest BCUT2D eigenvalue weighted by molar-refractivity contribution is 0.552. The van der Waals surface area contributed by atoms with Crippen LogP contribution in [0.15, 0.2) is 57.8 Å². The van der Waals surface area contributed by atoms with Crippen molar-refractivity contribution in [2.45, 2.75) is 43.0 Å². The monoisotopic (exact) mass is 385 g/mol. The first-order chi connectivity index (χ1) is 13.1. The molecule has 0 unspecified atom stereocenters. The first-order valence-corrected chi connectivity index (χ1v) is 10.8. The molecule has 4 rings (SSSR count). The molecule has 1 aliphatic rings. The van der Waals surface area contributed by atoms with Gasteiger partial charge in [0.2, 0.25) is 10.0 Å². The fourth-order valence-electron chi connectivity index (χ4n) is 3.43. The molecule has 0 bridgehead atoms. The minimum atomic E-state index is -3.43. The maximum absolute atomic E-state index is 12.4. The minimum Gasteiger partial charge on any atom is -0.424 e. The number of hydrogen-bond acceptors (Lipinski definition) is 5. The van der Waals surface area contributed by atoms with Crippen molar-refractivity contribution >= 4 is 27.1 Å². The summed E-state index contributed by atoms with van der Waals surface area (Å²) in [5.74, 6) is 0. The second-order valence-corrected chi connectivity index (χ2v) is 8.62. The smallest absolute Gasteiger partial charge is 0.295 e. The summed E-state index contributed by atoms with van der Waals surface area (Å²) in [4.78, 5) is 4.70. The molecule has 1 aliphatic carbocycles. The van der Waals surface area contributed by atoms with Gasteiger partial charge in [-0.05, 0) is 49.1 Å². The van der Waals surface area contributed by atoms with E-state index in [0.29, 0.717) is 17.5 Å². The number of nitrogens with one attached hydrogen (secondary N) is 2. The van der Waals surface area contributed by atoms with Gasteiger partial charge in [-0.15, -0.1) is 0 Å². The van der Waals surface area contributed by atoms with Crippen molar-refractivity contribution in [1.82, 2.24) is 9.71 Å². The predicted octanol–water partition coefficient (Wildman–Crippen LogP) is 3.70. The molecule has 1 aromatic heterocycles. The average molecular weight is 385 g/mol. The Morgan fingerprint density at radius 3 is 2.52 bits per heavy atom. The Balaban J connectivity index is 1.33. The molecule has 0 spiro atoms. The Kier molecular flexibility index (Phi) is 5.13. The summed E-state index contributed by atoms with van der Waals surface area (Å²) in [6.07, 6.45) is 4.80. The molecule has 0 amide bonds. The Labute approximate surface area is 159 Å². The van der Waals surface area contributed by atoms with Crippen LogP contribution in [0.25, 0.3) is 11.1 Å². The number of nitrogens with zero attached hydrogens (tertiary/aromatic N) is 1. The molecule has 3 aromatic rings. The number of benzene rings is 2. The minimum absolute atomic E-state index is 0.0789. The molecular weight excluding hydrogens is 362 g/mol. The van der Waals surface area contributed by atoms with E-state index in [1.807, 2.05) is 36.4 Å². The molecule has 0 saturated heterocycles. The second kappa shape index (κ2) is 7.70. The highest BCUT2D eigenvalue weighted by atomic mass is 32.2. The van der Waals surface area contributed by atoms with Crippen molar-refractivity contribution in [3.8, 4) is 0 Å². The highest BCUT2D eigenvalue weighted by Gasteiger charge is 2.22. The number of hydrogen-bond donors (Lipinski definition) is 2. The summed E-state index contributed by atoms with van der Waals surface area (Å²) in [7, 11) is -3.43. The zero-order valence-corrected chi connectivity index (χ0v) is 15.8. The zero-order valence-electron chi connectivity index (χ0n) is 15.0. The van der Waals surface area contributed by atoms with Crippen molar-refractivity contribution < 1.29 is 12.8 Å². The van der Waals surface area contributed by atoms with E-state index in [4.69, 9.17) is 4.42 Å². The van der Waals surface area contributed by atoms with Crippen LogP contribution in [0.4, 0.5) is 6.01 Å². The van der Waals surface area contributed by atoms with Crippen LogP contribution in [-0.4, -0.2) is 26.0 Å². The van der Waals surface area contributed by atoms with Gasteiger partial charge in [-0.25, -0.2) is 13.1 Å². The fraction of sp³-hybridized carbons (Fsp3) is 0.350. The molecule has 2 aromatic carbocycles. The lowest BCUT2D eigenvalue weighted by Gasteiger charge is -2.12. The third-order valence-electron chi connectivity index (χ3n) is 4.89. The Hall–Kier alpha value is -2.38. The van der Waals surface area contributed by atoms with Gasteiger partial charge in [0.15, 0.2) is 5.58 Å². The van der Waals surface area contributed by atoms with Crippen LogP contribution < -0.4 is 10.0 Å². The van der Waals surface area contributed by atoms with Gasteiger partial charge in [-0.3, -0.25) is 0 Å². The van der Waals surface area contributed by atoms with Gasteiger partial charge in [0.1, 0.15) is 5.52 Å².